The number of likely N-dealkylation sites (N-methyl/N-ethyl adjacent to an activating group) is 2. The monoisotopic (exact) mass is 384 g/mol. The average molecular weight is 385 g/mol. The lowest BCUT2D eigenvalue weighted by Gasteiger charge is -2.33. The smallest absolute Gasteiger partial charge is 0.225 e. The zero-order chi connectivity index (χ0) is 20.2. The van der Waals surface area contributed by atoms with Gasteiger partial charge in [0, 0.05) is 70.4 Å². The van der Waals surface area contributed by atoms with Crippen LogP contribution in [0.5, 0.6) is 0 Å². The number of benzene rings is 1. The topological polar surface area (TPSA) is 38.7 Å². The van der Waals surface area contributed by atoms with Crippen molar-refractivity contribution in [3.63, 3.8) is 0 Å². The first-order valence-corrected chi connectivity index (χ1v) is 10.4. The summed E-state index contributed by atoms with van der Waals surface area (Å²) in [6.45, 7) is 12.9. The summed E-state index contributed by atoms with van der Waals surface area (Å²) in [7, 11) is 4.32. The molecule has 0 bridgehead atoms. The summed E-state index contributed by atoms with van der Waals surface area (Å²) in [5.41, 5.74) is 1.36. The molecule has 2 aromatic rings. The Hall–Kier alpha value is -2.18. The summed E-state index contributed by atoms with van der Waals surface area (Å²) < 4.78 is 0. The Morgan fingerprint density at radius 2 is 1.07 bits per heavy atom. The molecule has 154 valence electrons. The zero-order valence-corrected chi connectivity index (χ0v) is 18.0. The van der Waals surface area contributed by atoms with Gasteiger partial charge < -0.3 is 19.6 Å². The van der Waals surface area contributed by atoms with Crippen molar-refractivity contribution in [1.29, 1.82) is 0 Å². The molecule has 1 aromatic heterocycles. The van der Waals surface area contributed by atoms with Crippen LogP contribution < -0.4 is 9.80 Å². The van der Waals surface area contributed by atoms with E-state index in [2.05, 4.69) is 74.0 Å². The van der Waals surface area contributed by atoms with Gasteiger partial charge in [-0.15, -0.1) is 0 Å². The minimum Gasteiger partial charge on any atom is -0.369 e. The van der Waals surface area contributed by atoms with Crippen LogP contribution in [-0.2, 0) is 0 Å². The fourth-order valence-electron chi connectivity index (χ4n) is 3.16. The number of aromatic nitrogens is 2. The van der Waals surface area contributed by atoms with Crippen LogP contribution in [0.1, 0.15) is 13.8 Å². The molecule has 3 heterocycles. The largest absolute Gasteiger partial charge is 0.369 e. The van der Waals surface area contributed by atoms with Crippen molar-refractivity contribution in [3.05, 3.63) is 48.8 Å². The fraction of sp³-hybridized carbons (Fsp3) is 0.545. The first kappa shape index (κ1) is 22.1. The van der Waals surface area contributed by atoms with E-state index in [1.165, 1.54) is 18.8 Å². The molecule has 0 amide bonds. The van der Waals surface area contributed by atoms with Crippen LogP contribution in [-0.4, -0.2) is 86.2 Å². The van der Waals surface area contributed by atoms with E-state index in [0.717, 1.165) is 45.2 Å². The van der Waals surface area contributed by atoms with Crippen LogP contribution in [0.4, 0.5) is 11.6 Å². The Labute approximate surface area is 170 Å². The quantitative estimate of drug-likeness (QED) is 0.793. The van der Waals surface area contributed by atoms with Crippen LogP contribution in [0.15, 0.2) is 48.8 Å². The molecule has 1 aromatic carbocycles. The maximum absolute atomic E-state index is 4.22. The molecule has 0 aliphatic carbocycles. The minimum absolute atomic E-state index is 0.857. The molecule has 0 atom stereocenters. The Kier molecular flexibility index (Phi) is 9.72. The number of hydrogen-bond acceptors (Lipinski definition) is 6. The summed E-state index contributed by atoms with van der Waals surface area (Å²) in [4.78, 5) is 17.8. The number of anilines is 2. The molecule has 2 aliphatic rings. The van der Waals surface area contributed by atoms with E-state index in [-0.39, 0.29) is 0 Å². The van der Waals surface area contributed by atoms with Crippen molar-refractivity contribution >= 4 is 11.6 Å². The molecule has 0 unspecified atom stereocenters. The van der Waals surface area contributed by atoms with Crippen molar-refractivity contribution in [1.82, 2.24) is 19.8 Å². The predicted molar refractivity (Wildman–Crippen MR) is 119 cm³/mol. The second-order valence-corrected chi connectivity index (χ2v) is 6.96. The molecule has 0 saturated carbocycles. The first-order valence-electron chi connectivity index (χ1n) is 10.4. The Bertz CT molecular complexity index is 562. The SMILES string of the molecule is CC.CN1CCN(c2ccccc2)CC1.CN1CCN(c2ncccn2)CC1. The van der Waals surface area contributed by atoms with Gasteiger partial charge in [0.25, 0.3) is 0 Å². The van der Waals surface area contributed by atoms with Gasteiger partial charge in [0.2, 0.25) is 5.95 Å². The van der Waals surface area contributed by atoms with E-state index in [9.17, 15) is 0 Å². The lowest BCUT2D eigenvalue weighted by Crippen LogP contribution is -2.45. The van der Waals surface area contributed by atoms with E-state index in [4.69, 9.17) is 0 Å². The van der Waals surface area contributed by atoms with Crippen LogP contribution in [0.2, 0.25) is 0 Å². The molecule has 28 heavy (non-hydrogen) atoms. The average Bonchev–Trinajstić information content (AvgIpc) is 2.78. The highest BCUT2D eigenvalue weighted by atomic mass is 15.3. The Morgan fingerprint density at radius 1 is 0.607 bits per heavy atom. The highest BCUT2D eigenvalue weighted by Crippen LogP contribution is 2.14. The van der Waals surface area contributed by atoms with Gasteiger partial charge in [0.15, 0.2) is 0 Å². The molecule has 0 spiro atoms. The zero-order valence-electron chi connectivity index (χ0n) is 18.0. The fourth-order valence-corrected chi connectivity index (χ4v) is 3.16. The lowest BCUT2D eigenvalue weighted by molar-refractivity contribution is 0.311. The molecule has 6 nitrogen and oxygen atoms in total. The molecule has 0 N–H and O–H groups in total. The van der Waals surface area contributed by atoms with E-state index >= 15 is 0 Å². The summed E-state index contributed by atoms with van der Waals surface area (Å²) in [5, 5.41) is 0. The third-order valence-electron chi connectivity index (χ3n) is 4.96. The van der Waals surface area contributed by atoms with Gasteiger partial charge in [-0.25, -0.2) is 9.97 Å². The molecular weight excluding hydrogens is 348 g/mol. The van der Waals surface area contributed by atoms with Crippen molar-refractivity contribution in [3.8, 4) is 0 Å². The highest BCUT2D eigenvalue weighted by Gasteiger charge is 2.15. The predicted octanol–water partition coefficient (Wildman–Crippen LogP) is 2.69. The van der Waals surface area contributed by atoms with E-state index in [1.807, 2.05) is 19.9 Å². The second kappa shape index (κ2) is 12.3. The number of rotatable bonds is 2. The van der Waals surface area contributed by atoms with Crippen molar-refractivity contribution in [2.75, 3.05) is 76.3 Å². The van der Waals surface area contributed by atoms with Gasteiger partial charge in [-0.05, 0) is 32.3 Å². The summed E-state index contributed by atoms with van der Waals surface area (Å²) >= 11 is 0. The third kappa shape index (κ3) is 7.09. The van der Waals surface area contributed by atoms with Crippen LogP contribution >= 0.6 is 0 Å². The maximum Gasteiger partial charge on any atom is 0.225 e. The van der Waals surface area contributed by atoms with Gasteiger partial charge in [-0.2, -0.15) is 0 Å². The normalized spacial score (nSPS) is 17.9. The molecule has 2 fully saturated rings. The van der Waals surface area contributed by atoms with Crippen LogP contribution in [0.25, 0.3) is 0 Å². The second-order valence-electron chi connectivity index (χ2n) is 6.96. The van der Waals surface area contributed by atoms with Gasteiger partial charge in [0.05, 0.1) is 0 Å². The van der Waals surface area contributed by atoms with Gasteiger partial charge in [-0.3, -0.25) is 0 Å². The minimum atomic E-state index is 0.857. The van der Waals surface area contributed by atoms with Crippen LogP contribution in [0, 0.1) is 0 Å². The number of hydrogen-bond donors (Lipinski definition) is 0. The summed E-state index contributed by atoms with van der Waals surface area (Å²) in [5.74, 6) is 0.857. The summed E-state index contributed by atoms with van der Waals surface area (Å²) in [6, 6.07) is 12.5. The Balaban J connectivity index is 0.000000184. The Morgan fingerprint density at radius 3 is 1.57 bits per heavy atom. The maximum atomic E-state index is 4.22. The number of piperazine rings is 2. The highest BCUT2D eigenvalue weighted by molar-refractivity contribution is 5.46. The molecule has 2 aliphatic heterocycles. The van der Waals surface area contributed by atoms with E-state index < -0.39 is 0 Å². The van der Waals surface area contributed by atoms with E-state index in [1.54, 1.807) is 12.4 Å². The van der Waals surface area contributed by atoms with Gasteiger partial charge in [0.1, 0.15) is 0 Å². The molecule has 4 rings (SSSR count). The number of para-hydroxylation sites is 1. The van der Waals surface area contributed by atoms with Gasteiger partial charge >= 0.3 is 0 Å². The molecular formula is C22H36N6. The number of nitrogens with zero attached hydrogens (tertiary/aromatic N) is 6. The van der Waals surface area contributed by atoms with Crippen molar-refractivity contribution in [2.45, 2.75) is 13.8 Å². The first-order chi connectivity index (χ1) is 13.7. The molecule has 0 radical (unpaired) electrons. The van der Waals surface area contributed by atoms with E-state index in [0.29, 0.717) is 0 Å². The van der Waals surface area contributed by atoms with Gasteiger partial charge in [-0.1, -0.05) is 32.0 Å². The molecule has 2 saturated heterocycles. The summed E-state index contributed by atoms with van der Waals surface area (Å²) in [6.07, 6.45) is 3.58. The van der Waals surface area contributed by atoms with Crippen LogP contribution in [0.3, 0.4) is 0 Å². The third-order valence-corrected chi connectivity index (χ3v) is 4.96. The lowest BCUT2D eigenvalue weighted by atomic mass is 10.2. The molecule has 6 heteroatoms. The van der Waals surface area contributed by atoms with Crippen molar-refractivity contribution in [2.24, 2.45) is 0 Å². The standard InChI is InChI=1S/C11H16N2.C9H14N4.C2H6/c1-12-7-9-13(10-8-12)11-5-3-2-4-6-11;1-12-5-7-13(8-6-12)9-10-3-2-4-11-9;1-2/h2-6H,7-10H2,1H3;2-4H,5-8H2,1H3;1-2H3. The van der Waals surface area contributed by atoms with Crippen molar-refractivity contribution < 1.29 is 0 Å².